The summed E-state index contributed by atoms with van der Waals surface area (Å²) in [4.78, 5) is 0. The standard InChI is InChI=1S/C15H22O2/c16-12-15-11-10-14(17-15)9-5-4-8-13-6-2-1-3-7-13/h1-3,6-7,14-16H,4-5,8-12H2/t14-,15+/m1/s1. The lowest BCUT2D eigenvalue weighted by molar-refractivity contribution is 0.00765. The van der Waals surface area contributed by atoms with E-state index in [1.54, 1.807) is 0 Å². The molecule has 1 saturated heterocycles. The molecular formula is C15H22O2. The van der Waals surface area contributed by atoms with Crippen LogP contribution in [0.4, 0.5) is 0 Å². The summed E-state index contributed by atoms with van der Waals surface area (Å²) < 4.78 is 5.71. The van der Waals surface area contributed by atoms with Crippen LogP contribution >= 0.6 is 0 Å². The number of ether oxygens (including phenoxy) is 1. The van der Waals surface area contributed by atoms with Gasteiger partial charge in [0.25, 0.3) is 0 Å². The van der Waals surface area contributed by atoms with Gasteiger partial charge < -0.3 is 9.84 Å². The maximum atomic E-state index is 8.98. The molecule has 2 heteroatoms. The third kappa shape index (κ3) is 4.14. The largest absolute Gasteiger partial charge is 0.394 e. The summed E-state index contributed by atoms with van der Waals surface area (Å²) in [6.07, 6.45) is 7.40. The van der Waals surface area contributed by atoms with Crippen molar-refractivity contribution in [2.45, 2.75) is 50.7 Å². The molecule has 2 atom stereocenters. The molecule has 2 nitrogen and oxygen atoms in total. The number of hydrogen-bond acceptors (Lipinski definition) is 2. The summed E-state index contributed by atoms with van der Waals surface area (Å²) in [5.41, 5.74) is 1.42. The lowest BCUT2D eigenvalue weighted by atomic mass is 10.0. The van der Waals surface area contributed by atoms with E-state index in [-0.39, 0.29) is 12.7 Å². The molecule has 0 saturated carbocycles. The van der Waals surface area contributed by atoms with E-state index in [2.05, 4.69) is 30.3 Å². The van der Waals surface area contributed by atoms with Gasteiger partial charge in [0.15, 0.2) is 0 Å². The van der Waals surface area contributed by atoms with Crippen LogP contribution < -0.4 is 0 Å². The molecular weight excluding hydrogens is 212 g/mol. The monoisotopic (exact) mass is 234 g/mol. The molecule has 0 spiro atoms. The fourth-order valence-electron chi connectivity index (χ4n) is 2.47. The molecule has 17 heavy (non-hydrogen) atoms. The van der Waals surface area contributed by atoms with E-state index in [0.29, 0.717) is 6.10 Å². The molecule has 94 valence electrons. The summed E-state index contributed by atoms with van der Waals surface area (Å²) in [6, 6.07) is 10.6. The Hall–Kier alpha value is -0.860. The Bertz CT molecular complexity index is 310. The zero-order valence-corrected chi connectivity index (χ0v) is 10.3. The summed E-state index contributed by atoms with van der Waals surface area (Å²) in [5, 5.41) is 8.98. The average molecular weight is 234 g/mol. The smallest absolute Gasteiger partial charge is 0.0810 e. The van der Waals surface area contributed by atoms with Crippen molar-refractivity contribution < 1.29 is 9.84 Å². The van der Waals surface area contributed by atoms with E-state index >= 15 is 0 Å². The number of benzene rings is 1. The van der Waals surface area contributed by atoms with E-state index in [4.69, 9.17) is 9.84 Å². The van der Waals surface area contributed by atoms with Crippen molar-refractivity contribution in [3.63, 3.8) is 0 Å². The minimum absolute atomic E-state index is 0.106. The first-order chi connectivity index (χ1) is 8.38. The van der Waals surface area contributed by atoms with Crippen LogP contribution in [0.5, 0.6) is 0 Å². The third-order valence-corrected chi connectivity index (χ3v) is 3.48. The van der Waals surface area contributed by atoms with Gasteiger partial charge in [-0.1, -0.05) is 36.8 Å². The zero-order chi connectivity index (χ0) is 11.9. The molecule has 2 rings (SSSR count). The van der Waals surface area contributed by atoms with Crippen LogP contribution in [-0.4, -0.2) is 23.9 Å². The van der Waals surface area contributed by atoms with Crippen molar-refractivity contribution in [2.24, 2.45) is 0 Å². The molecule has 1 aliphatic rings. The van der Waals surface area contributed by atoms with Gasteiger partial charge in [0.05, 0.1) is 18.8 Å². The molecule has 1 heterocycles. The van der Waals surface area contributed by atoms with E-state index in [1.807, 2.05) is 0 Å². The molecule has 1 aromatic carbocycles. The molecule has 0 aliphatic carbocycles. The molecule has 0 aromatic heterocycles. The molecule has 1 aliphatic heterocycles. The number of aliphatic hydroxyl groups excluding tert-OH is 1. The van der Waals surface area contributed by atoms with Crippen LogP contribution in [0.1, 0.15) is 37.7 Å². The third-order valence-electron chi connectivity index (χ3n) is 3.48. The van der Waals surface area contributed by atoms with Crippen molar-refractivity contribution in [1.82, 2.24) is 0 Å². The Kier molecular flexibility index (Phi) is 5.02. The highest BCUT2D eigenvalue weighted by atomic mass is 16.5. The van der Waals surface area contributed by atoms with Gasteiger partial charge in [-0.05, 0) is 37.7 Å². The summed E-state index contributed by atoms with van der Waals surface area (Å²) in [7, 11) is 0. The van der Waals surface area contributed by atoms with Crippen molar-refractivity contribution >= 4 is 0 Å². The van der Waals surface area contributed by atoms with Gasteiger partial charge in [-0.3, -0.25) is 0 Å². The first-order valence-corrected chi connectivity index (χ1v) is 6.68. The number of aryl methyl sites for hydroxylation is 1. The van der Waals surface area contributed by atoms with E-state index < -0.39 is 0 Å². The van der Waals surface area contributed by atoms with E-state index in [0.717, 1.165) is 25.7 Å². The Balaban J connectivity index is 1.58. The highest BCUT2D eigenvalue weighted by molar-refractivity contribution is 5.14. The molecule has 1 aromatic rings. The number of unbranched alkanes of at least 4 members (excludes halogenated alkanes) is 1. The van der Waals surface area contributed by atoms with Crippen LogP contribution in [0.2, 0.25) is 0 Å². The molecule has 1 fully saturated rings. The van der Waals surface area contributed by atoms with Gasteiger partial charge in [-0.15, -0.1) is 0 Å². The van der Waals surface area contributed by atoms with Gasteiger partial charge in [0.2, 0.25) is 0 Å². The quantitative estimate of drug-likeness (QED) is 0.767. The Labute approximate surface area is 104 Å². The second kappa shape index (κ2) is 6.77. The maximum absolute atomic E-state index is 8.98. The van der Waals surface area contributed by atoms with E-state index in [9.17, 15) is 0 Å². The van der Waals surface area contributed by atoms with Crippen LogP contribution in [0.15, 0.2) is 30.3 Å². The number of rotatable bonds is 6. The molecule has 0 bridgehead atoms. The number of aliphatic hydroxyl groups is 1. The molecule has 0 unspecified atom stereocenters. The highest BCUT2D eigenvalue weighted by Crippen LogP contribution is 2.23. The molecule has 0 radical (unpaired) electrons. The minimum Gasteiger partial charge on any atom is -0.394 e. The fraction of sp³-hybridized carbons (Fsp3) is 0.600. The topological polar surface area (TPSA) is 29.5 Å². The zero-order valence-electron chi connectivity index (χ0n) is 10.3. The average Bonchev–Trinajstić information content (AvgIpc) is 2.84. The molecule has 1 N–H and O–H groups in total. The summed E-state index contributed by atoms with van der Waals surface area (Å²) in [5.74, 6) is 0. The first kappa shape index (κ1) is 12.6. The van der Waals surface area contributed by atoms with Crippen LogP contribution in [0, 0.1) is 0 Å². The Morgan fingerprint density at radius 3 is 2.53 bits per heavy atom. The Morgan fingerprint density at radius 1 is 1.06 bits per heavy atom. The highest BCUT2D eigenvalue weighted by Gasteiger charge is 2.23. The molecule has 0 amide bonds. The van der Waals surface area contributed by atoms with Crippen molar-refractivity contribution in [1.29, 1.82) is 0 Å². The Morgan fingerprint density at radius 2 is 1.82 bits per heavy atom. The normalized spacial score (nSPS) is 24.1. The first-order valence-electron chi connectivity index (χ1n) is 6.68. The SMILES string of the molecule is OC[C@@H]1CC[C@@H](CCCCc2ccccc2)O1. The lowest BCUT2D eigenvalue weighted by Crippen LogP contribution is -2.14. The van der Waals surface area contributed by atoms with Crippen LogP contribution in [0.25, 0.3) is 0 Å². The summed E-state index contributed by atoms with van der Waals surface area (Å²) >= 11 is 0. The van der Waals surface area contributed by atoms with Gasteiger partial charge in [0.1, 0.15) is 0 Å². The van der Waals surface area contributed by atoms with Gasteiger partial charge in [-0.25, -0.2) is 0 Å². The predicted molar refractivity (Wildman–Crippen MR) is 69.0 cm³/mol. The number of hydrogen-bond donors (Lipinski definition) is 1. The van der Waals surface area contributed by atoms with Crippen molar-refractivity contribution in [3.8, 4) is 0 Å². The maximum Gasteiger partial charge on any atom is 0.0810 e. The second-order valence-corrected chi connectivity index (χ2v) is 4.87. The van der Waals surface area contributed by atoms with Crippen molar-refractivity contribution in [3.05, 3.63) is 35.9 Å². The van der Waals surface area contributed by atoms with Gasteiger partial charge in [-0.2, -0.15) is 0 Å². The van der Waals surface area contributed by atoms with Gasteiger partial charge in [0, 0.05) is 0 Å². The van der Waals surface area contributed by atoms with Crippen molar-refractivity contribution in [2.75, 3.05) is 6.61 Å². The van der Waals surface area contributed by atoms with Crippen LogP contribution in [0.3, 0.4) is 0 Å². The lowest BCUT2D eigenvalue weighted by Gasteiger charge is -2.11. The van der Waals surface area contributed by atoms with Gasteiger partial charge >= 0.3 is 0 Å². The minimum atomic E-state index is 0.106. The second-order valence-electron chi connectivity index (χ2n) is 4.87. The fourth-order valence-corrected chi connectivity index (χ4v) is 2.47. The van der Waals surface area contributed by atoms with Crippen LogP contribution in [-0.2, 0) is 11.2 Å². The predicted octanol–water partition coefficient (Wildman–Crippen LogP) is 2.94. The summed E-state index contributed by atoms with van der Waals surface area (Å²) in [6.45, 7) is 0.181. The van der Waals surface area contributed by atoms with E-state index in [1.165, 1.54) is 18.4 Å².